The molecular formula is C32H34ClN7O. The predicted octanol–water partition coefficient (Wildman–Crippen LogP) is 7.08. The Morgan fingerprint density at radius 3 is 2.51 bits per heavy atom. The smallest absolute Gasteiger partial charge is 0.141 e. The Bertz CT molecular complexity index is 1650. The first-order chi connectivity index (χ1) is 19.8. The van der Waals surface area contributed by atoms with Crippen molar-refractivity contribution >= 4 is 34.0 Å². The largest absolute Gasteiger partial charge is 0.487 e. The molecular weight excluding hydrogens is 534 g/mol. The molecule has 1 aliphatic heterocycles. The molecule has 1 aliphatic rings. The summed E-state index contributed by atoms with van der Waals surface area (Å²) in [6.07, 6.45) is 6.05. The van der Waals surface area contributed by atoms with Gasteiger partial charge in [0, 0.05) is 17.6 Å². The molecule has 2 aromatic heterocycles. The third-order valence-electron chi connectivity index (χ3n) is 7.42. The molecule has 6 rings (SSSR count). The van der Waals surface area contributed by atoms with Gasteiger partial charge in [-0.3, -0.25) is 4.90 Å². The number of nitrogens with one attached hydrogen (secondary N) is 1. The minimum Gasteiger partial charge on any atom is -0.487 e. The summed E-state index contributed by atoms with van der Waals surface area (Å²) in [5.41, 5.74) is 6.00. The van der Waals surface area contributed by atoms with Crippen LogP contribution in [0.15, 0.2) is 73.2 Å². The number of hydrogen-bond acceptors (Lipinski definition) is 7. The first-order valence-electron chi connectivity index (χ1n) is 14.0. The van der Waals surface area contributed by atoms with E-state index in [0.717, 1.165) is 53.2 Å². The Morgan fingerprint density at radius 2 is 1.76 bits per heavy atom. The van der Waals surface area contributed by atoms with Crippen LogP contribution >= 0.6 is 11.6 Å². The second-order valence-corrected chi connectivity index (χ2v) is 12.0. The number of ether oxygens (including phenoxy) is 1. The lowest BCUT2D eigenvalue weighted by molar-refractivity contribution is 0.306. The monoisotopic (exact) mass is 567 g/mol. The number of benzene rings is 3. The van der Waals surface area contributed by atoms with Gasteiger partial charge in [0.25, 0.3) is 0 Å². The third-order valence-corrected chi connectivity index (χ3v) is 7.71. The van der Waals surface area contributed by atoms with Crippen LogP contribution in [0.5, 0.6) is 5.75 Å². The van der Waals surface area contributed by atoms with Gasteiger partial charge < -0.3 is 10.1 Å². The highest BCUT2D eigenvalue weighted by Gasteiger charge is 2.15. The lowest BCUT2D eigenvalue weighted by atomic mass is 9.87. The number of rotatable bonds is 8. The Morgan fingerprint density at radius 1 is 0.951 bits per heavy atom. The fraction of sp³-hybridized carbons (Fsp3) is 0.312. The lowest BCUT2D eigenvalue weighted by Gasteiger charge is -2.19. The van der Waals surface area contributed by atoms with Crippen molar-refractivity contribution in [2.45, 2.75) is 52.2 Å². The number of nitrogens with zero attached hydrogens (tertiary/aromatic N) is 6. The SMILES string of the molecule is CC(C)(C)c1ccc(COc2ccc(Nc3ncnc4ccc(-n5cc(CN6CCCC6)nn5)cc34)cc2Cl)cc1. The van der Waals surface area contributed by atoms with Crippen LogP contribution in [0.3, 0.4) is 0 Å². The highest BCUT2D eigenvalue weighted by molar-refractivity contribution is 6.32. The van der Waals surface area contributed by atoms with Crippen molar-refractivity contribution in [1.82, 2.24) is 29.9 Å². The van der Waals surface area contributed by atoms with E-state index in [4.69, 9.17) is 16.3 Å². The van der Waals surface area contributed by atoms with Crippen molar-refractivity contribution < 1.29 is 4.74 Å². The number of fused-ring (bicyclic) bond motifs is 1. The van der Waals surface area contributed by atoms with Crippen molar-refractivity contribution in [3.8, 4) is 11.4 Å². The number of aromatic nitrogens is 5. The van der Waals surface area contributed by atoms with Gasteiger partial charge in [-0.1, -0.05) is 61.9 Å². The van der Waals surface area contributed by atoms with Crippen molar-refractivity contribution in [2.75, 3.05) is 18.4 Å². The quantitative estimate of drug-likeness (QED) is 0.214. The highest BCUT2D eigenvalue weighted by atomic mass is 35.5. The zero-order chi connectivity index (χ0) is 28.4. The second kappa shape index (κ2) is 11.5. The Kier molecular flexibility index (Phi) is 7.60. The first-order valence-corrected chi connectivity index (χ1v) is 14.4. The first kappa shape index (κ1) is 27.2. The molecule has 8 nitrogen and oxygen atoms in total. The van der Waals surface area contributed by atoms with Crippen molar-refractivity contribution in [3.63, 3.8) is 0 Å². The maximum Gasteiger partial charge on any atom is 0.141 e. The molecule has 0 amide bonds. The van der Waals surface area contributed by atoms with Crippen molar-refractivity contribution in [3.05, 3.63) is 95.0 Å². The summed E-state index contributed by atoms with van der Waals surface area (Å²) in [4.78, 5) is 11.4. The minimum atomic E-state index is 0.120. The van der Waals surface area contributed by atoms with Crippen molar-refractivity contribution in [1.29, 1.82) is 0 Å². The van der Waals surface area contributed by atoms with Gasteiger partial charge in [0.1, 0.15) is 24.5 Å². The van der Waals surface area contributed by atoms with Gasteiger partial charge in [0.05, 0.1) is 28.1 Å². The minimum absolute atomic E-state index is 0.120. The number of anilines is 2. The maximum absolute atomic E-state index is 6.61. The molecule has 0 bridgehead atoms. The van der Waals surface area contributed by atoms with Gasteiger partial charge in [0.2, 0.25) is 0 Å². The summed E-state index contributed by atoms with van der Waals surface area (Å²) in [7, 11) is 0. The van der Waals surface area contributed by atoms with Gasteiger partial charge in [0.15, 0.2) is 0 Å². The third kappa shape index (κ3) is 6.34. The number of hydrogen-bond donors (Lipinski definition) is 1. The Balaban J connectivity index is 1.16. The number of likely N-dealkylation sites (tertiary alicyclic amines) is 1. The average Bonchev–Trinajstić information content (AvgIpc) is 3.65. The van der Waals surface area contributed by atoms with Gasteiger partial charge in [-0.25, -0.2) is 14.6 Å². The zero-order valence-corrected chi connectivity index (χ0v) is 24.4. The van der Waals surface area contributed by atoms with Crippen LogP contribution in [0.1, 0.15) is 50.4 Å². The summed E-state index contributed by atoms with van der Waals surface area (Å²) in [6.45, 7) is 10.1. The molecule has 9 heteroatoms. The second-order valence-electron chi connectivity index (χ2n) is 11.6. The molecule has 0 aliphatic carbocycles. The molecule has 0 radical (unpaired) electrons. The van der Waals surface area contributed by atoms with E-state index in [-0.39, 0.29) is 5.41 Å². The topological polar surface area (TPSA) is 81.0 Å². The summed E-state index contributed by atoms with van der Waals surface area (Å²) < 4.78 is 7.84. The van der Waals surface area contributed by atoms with Gasteiger partial charge in [-0.2, -0.15) is 0 Å². The van der Waals surface area contributed by atoms with E-state index < -0.39 is 0 Å². The summed E-state index contributed by atoms with van der Waals surface area (Å²) in [5, 5.41) is 13.6. The van der Waals surface area contributed by atoms with E-state index in [1.807, 2.05) is 42.6 Å². The molecule has 0 saturated carbocycles. The predicted molar refractivity (Wildman–Crippen MR) is 163 cm³/mol. The summed E-state index contributed by atoms with van der Waals surface area (Å²) in [6, 6.07) is 20.2. The van der Waals surface area contributed by atoms with Crippen LogP contribution in [0, 0.1) is 0 Å². The molecule has 0 spiro atoms. The van der Waals surface area contributed by atoms with Crippen LogP contribution < -0.4 is 10.1 Å². The molecule has 0 atom stereocenters. The highest BCUT2D eigenvalue weighted by Crippen LogP contribution is 2.32. The maximum atomic E-state index is 6.61. The van der Waals surface area contributed by atoms with E-state index in [9.17, 15) is 0 Å². The molecule has 210 valence electrons. The van der Waals surface area contributed by atoms with Crippen LogP contribution in [0.2, 0.25) is 5.02 Å². The van der Waals surface area contributed by atoms with Gasteiger partial charge in [-0.05, 0) is 78.9 Å². The van der Waals surface area contributed by atoms with Gasteiger partial charge >= 0.3 is 0 Å². The van der Waals surface area contributed by atoms with Crippen LogP contribution in [-0.4, -0.2) is 43.0 Å². The Labute approximate surface area is 245 Å². The standard InChI is InChI=1S/C32H34ClN7O/c1-32(2,3)23-8-6-22(7-9-23)20-41-30-13-10-24(16-28(30)33)36-31-27-17-26(11-12-29(27)34-21-35-31)40-19-25(37-38-40)18-39-14-4-5-15-39/h6-13,16-17,19,21H,4-5,14-15,18,20H2,1-3H3,(H,34,35,36). The van der Waals surface area contributed by atoms with E-state index >= 15 is 0 Å². The normalized spacial score (nSPS) is 14.0. The summed E-state index contributed by atoms with van der Waals surface area (Å²) in [5.74, 6) is 1.31. The zero-order valence-electron chi connectivity index (χ0n) is 23.6. The molecule has 3 aromatic carbocycles. The molecule has 3 heterocycles. The molecule has 1 saturated heterocycles. The molecule has 0 unspecified atom stereocenters. The fourth-order valence-electron chi connectivity index (χ4n) is 5.05. The number of halogens is 1. The van der Waals surface area contributed by atoms with Crippen LogP contribution in [-0.2, 0) is 18.6 Å². The average molecular weight is 568 g/mol. The van der Waals surface area contributed by atoms with Crippen LogP contribution in [0.25, 0.3) is 16.6 Å². The molecule has 1 fully saturated rings. The van der Waals surface area contributed by atoms with Crippen molar-refractivity contribution in [2.24, 2.45) is 0 Å². The fourth-order valence-corrected chi connectivity index (χ4v) is 5.28. The molecule has 41 heavy (non-hydrogen) atoms. The van der Waals surface area contributed by atoms with E-state index in [2.05, 4.69) is 75.5 Å². The van der Waals surface area contributed by atoms with Gasteiger partial charge in [-0.15, -0.1) is 5.10 Å². The van der Waals surface area contributed by atoms with E-state index in [1.165, 1.54) is 18.4 Å². The molecule has 1 N–H and O–H groups in total. The molecule has 5 aromatic rings. The Hall–Kier alpha value is -4.01. The van der Waals surface area contributed by atoms with Crippen LogP contribution in [0.4, 0.5) is 11.5 Å². The van der Waals surface area contributed by atoms with E-state index in [0.29, 0.717) is 23.2 Å². The van der Waals surface area contributed by atoms with E-state index in [1.54, 1.807) is 11.0 Å². The summed E-state index contributed by atoms with van der Waals surface area (Å²) >= 11 is 6.61. The lowest BCUT2D eigenvalue weighted by Crippen LogP contribution is -2.18.